The van der Waals surface area contributed by atoms with E-state index in [2.05, 4.69) is 27.5 Å². The molecule has 0 fully saturated rings. The Morgan fingerprint density at radius 3 is 3.19 bits per heavy atom. The molecule has 2 N–H and O–H groups in total. The standard InChI is InChI=1S/C15H18N4O2/c1-11(18-15(20)8-17-21)9-19-6-5-12-3-2-4-13(7-16)14(12)10-19/h2-4,8,11,21H,5-6,9-10H2,1H3,(H,18,20)/b17-8-/t11-/m0/s1. The molecule has 1 amide bonds. The molecule has 1 atom stereocenters. The summed E-state index contributed by atoms with van der Waals surface area (Å²) in [7, 11) is 0. The largest absolute Gasteiger partial charge is 0.411 e. The van der Waals surface area contributed by atoms with Crippen molar-refractivity contribution in [2.45, 2.75) is 25.9 Å². The van der Waals surface area contributed by atoms with Crippen molar-refractivity contribution in [2.24, 2.45) is 5.16 Å². The number of nitrogens with one attached hydrogen (secondary N) is 1. The van der Waals surface area contributed by atoms with Gasteiger partial charge in [0.25, 0.3) is 5.91 Å². The minimum Gasteiger partial charge on any atom is -0.411 e. The molecule has 1 aromatic rings. The molecule has 0 saturated carbocycles. The Morgan fingerprint density at radius 1 is 1.67 bits per heavy atom. The van der Waals surface area contributed by atoms with Gasteiger partial charge in [0, 0.05) is 25.7 Å². The predicted octanol–water partition coefficient (Wildman–Crippen LogP) is 0.881. The molecule has 110 valence electrons. The quantitative estimate of drug-likeness (QED) is 0.488. The highest BCUT2D eigenvalue weighted by Crippen LogP contribution is 2.22. The highest BCUT2D eigenvalue weighted by atomic mass is 16.4. The maximum atomic E-state index is 11.3. The minimum absolute atomic E-state index is 0.0636. The van der Waals surface area contributed by atoms with Crippen molar-refractivity contribution in [3.63, 3.8) is 0 Å². The summed E-state index contributed by atoms with van der Waals surface area (Å²) in [4.78, 5) is 13.5. The normalized spacial score (nSPS) is 16.2. The van der Waals surface area contributed by atoms with Crippen molar-refractivity contribution in [3.05, 3.63) is 34.9 Å². The molecule has 1 aliphatic rings. The molecule has 0 radical (unpaired) electrons. The van der Waals surface area contributed by atoms with E-state index in [1.807, 2.05) is 19.1 Å². The molecular formula is C15H18N4O2. The van der Waals surface area contributed by atoms with Crippen LogP contribution in [0.15, 0.2) is 23.4 Å². The highest BCUT2D eigenvalue weighted by Gasteiger charge is 2.20. The topological polar surface area (TPSA) is 88.7 Å². The van der Waals surface area contributed by atoms with Crippen LogP contribution in [0.3, 0.4) is 0 Å². The summed E-state index contributed by atoms with van der Waals surface area (Å²) in [5.41, 5.74) is 3.04. The molecule has 0 aliphatic carbocycles. The summed E-state index contributed by atoms with van der Waals surface area (Å²) in [6.45, 7) is 4.20. The summed E-state index contributed by atoms with van der Waals surface area (Å²) in [6.07, 6.45) is 1.75. The van der Waals surface area contributed by atoms with E-state index in [0.29, 0.717) is 13.1 Å². The predicted molar refractivity (Wildman–Crippen MR) is 78.0 cm³/mol. The Kier molecular flexibility index (Phi) is 4.90. The number of hydrogen-bond acceptors (Lipinski definition) is 5. The summed E-state index contributed by atoms with van der Waals surface area (Å²) in [5.74, 6) is -0.417. The number of nitrogens with zero attached hydrogens (tertiary/aromatic N) is 3. The number of benzene rings is 1. The SMILES string of the molecule is C[C@@H](CN1CCc2cccc(C#N)c2C1)NC(=O)/C=N\O. The van der Waals surface area contributed by atoms with Gasteiger partial charge in [0.1, 0.15) is 6.21 Å². The molecule has 6 nitrogen and oxygen atoms in total. The third kappa shape index (κ3) is 3.80. The molecule has 6 heteroatoms. The first-order chi connectivity index (χ1) is 10.1. The van der Waals surface area contributed by atoms with Crippen molar-refractivity contribution in [1.82, 2.24) is 10.2 Å². The first kappa shape index (κ1) is 15.0. The van der Waals surface area contributed by atoms with E-state index < -0.39 is 5.91 Å². The van der Waals surface area contributed by atoms with E-state index in [-0.39, 0.29) is 6.04 Å². The lowest BCUT2D eigenvalue weighted by Gasteiger charge is -2.31. The molecule has 0 aromatic heterocycles. The van der Waals surface area contributed by atoms with Gasteiger partial charge in [0.05, 0.1) is 11.6 Å². The van der Waals surface area contributed by atoms with E-state index in [9.17, 15) is 10.1 Å². The first-order valence-corrected chi connectivity index (χ1v) is 6.85. The van der Waals surface area contributed by atoms with E-state index in [0.717, 1.165) is 30.3 Å². The molecule has 0 bridgehead atoms. The van der Waals surface area contributed by atoms with Crippen LogP contribution in [0.2, 0.25) is 0 Å². The number of amides is 1. The molecule has 1 heterocycles. The zero-order valence-electron chi connectivity index (χ0n) is 11.9. The second-order valence-electron chi connectivity index (χ2n) is 5.19. The molecule has 2 rings (SSSR count). The van der Waals surface area contributed by atoms with Crippen molar-refractivity contribution >= 4 is 12.1 Å². The molecule has 0 saturated heterocycles. The van der Waals surface area contributed by atoms with Crippen LogP contribution in [-0.2, 0) is 17.8 Å². The van der Waals surface area contributed by atoms with Gasteiger partial charge in [0.15, 0.2) is 0 Å². The van der Waals surface area contributed by atoms with Crippen molar-refractivity contribution in [2.75, 3.05) is 13.1 Å². The Hall–Kier alpha value is -2.39. The molecule has 1 aliphatic heterocycles. The zero-order valence-corrected chi connectivity index (χ0v) is 11.9. The van der Waals surface area contributed by atoms with Crippen molar-refractivity contribution in [1.29, 1.82) is 5.26 Å². The third-order valence-electron chi connectivity index (χ3n) is 3.57. The average molecular weight is 286 g/mol. The second kappa shape index (κ2) is 6.86. The van der Waals surface area contributed by atoms with Gasteiger partial charge in [-0.1, -0.05) is 17.3 Å². The summed E-state index contributed by atoms with van der Waals surface area (Å²) in [5, 5.41) is 22.9. The summed E-state index contributed by atoms with van der Waals surface area (Å²) >= 11 is 0. The summed E-state index contributed by atoms with van der Waals surface area (Å²) in [6, 6.07) is 8.00. The smallest absolute Gasteiger partial charge is 0.266 e. The van der Waals surface area contributed by atoms with E-state index in [1.165, 1.54) is 5.56 Å². The number of fused-ring (bicyclic) bond motifs is 1. The Bertz CT molecular complexity index is 592. The number of carbonyl (C=O) groups is 1. The van der Waals surface area contributed by atoms with Crippen LogP contribution in [0.5, 0.6) is 0 Å². The molecular weight excluding hydrogens is 268 g/mol. The van der Waals surface area contributed by atoms with Gasteiger partial charge in [-0.3, -0.25) is 9.69 Å². The molecule has 1 aromatic carbocycles. The Labute approximate surface area is 123 Å². The van der Waals surface area contributed by atoms with Gasteiger partial charge in [-0.25, -0.2) is 0 Å². The highest BCUT2D eigenvalue weighted by molar-refractivity contribution is 6.26. The van der Waals surface area contributed by atoms with Gasteiger partial charge < -0.3 is 10.5 Å². The van der Waals surface area contributed by atoms with Crippen LogP contribution in [0.1, 0.15) is 23.6 Å². The molecule has 0 unspecified atom stereocenters. The molecule has 0 spiro atoms. The average Bonchev–Trinajstić information content (AvgIpc) is 2.46. The maximum Gasteiger partial charge on any atom is 0.266 e. The van der Waals surface area contributed by atoms with E-state index >= 15 is 0 Å². The van der Waals surface area contributed by atoms with Gasteiger partial charge in [-0.15, -0.1) is 0 Å². The third-order valence-corrected chi connectivity index (χ3v) is 3.57. The van der Waals surface area contributed by atoms with Crippen LogP contribution in [0, 0.1) is 11.3 Å². The van der Waals surface area contributed by atoms with Gasteiger partial charge >= 0.3 is 0 Å². The summed E-state index contributed by atoms with van der Waals surface area (Å²) < 4.78 is 0. The number of nitriles is 1. The lowest BCUT2D eigenvalue weighted by Crippen LogP contribution is -2.44. The van der Waals surface area contributed by atoms with Crippen molar-refractivity contribution in [3.8, 4) is 6.07 Å². The maximum absolute atomic E-state index is 11.3. The fourth-order valence-corrected chi connectivity index (χ4v) is 2.66. The molecule has 21 heavy (non-hydrogen) atoms. The second-order valence-corrected chi connectivity index (χ2v) is 5.19. The van der Waals surface area contributed by atoms with Gasteiger partial charge in [0.2, 0.25) is 0 Å². The van der Waals surface area contributed by atoms with Crippen molar-refractivity contribution < 1.29 is 10.0 Å². The Morgan fingerprint density at radius 2 is 2.48 bits per heavy atom. The fourth-order valence-electron chi connectivity index (χ4n) is 2.66. The lowest BCUT2D eigenvalue weighted by atomic mass is 9.95. The Balaban J connectivity index is 1.98. The van der Waals surface area contributed by atoms with Crippen LogP contribution in [0.4, 0.5) is 0 Å². The number of carbonyl (C=O) groups excluding carboxylic acids is 1. The van der Waals surface area contributed by atoms with Crippen LogP contribution < -0.4 is 5.32 Å². The van der Waals surface area contributed by atoms with Crippen LogP contribution in [-0.4, -0.2) is 41.4 Å². The zero-order chi connectivity index (χ0) is 15.2. The van der Waals surface area contributed by atoms with Crippen LogP contribution >= 0.6 is 0 Å². The number of rotatable bonds is 4. The number of hydrogen-bond donors (Lipinski definition) is 2. The van der Waals surface area contributed by atoms with Gasteiger partial charge in [-0.05, 0) is 30.5 Å². The first-order valence-electron chi connectivity index (χ1n) is 6.85. The monoisotopic (exact) mass is 286 g/mol. The lowest BCUT2D eigenvalue weighted by molar-refractivity contribution is -0.115. The van der Waals surface area contributed by atoms with E-state index in [4.69, 9.17) is 5.21 Å². The van der Waals surface area contributed by atoms with Gasteiger partial charge in [-0.2, -0.15) is 5.26 Å². The van der Waals surface area contributed by atoms with E-state index in [1.54, 1.807) is 0 Å². The number of oxime groups is 1. The fraction of sp³-hybridized carbons (Fsp3) is 0.400. The minimum atomic E-state index is -0.417. The van der Waals surface area contributed by atoms with Crippen LogP contribution in [0.25, 0.3) is 0 Å².